The van der Waals surface area contributed by atoms with Crippen molar-refractivity contribution in [3.8, 4) is 0 Å². The summed E-state index contributed by atoms with van der Waals surface area (Å²) in [6, 6.07) is 6.12. The quantitative estimate of drug-likeness (QED) is 0.752. The van der Waals surface area contributed by atoms with Crippen molar-refractivity contribution in [3.05, 3.63) is 29.8 Å². The lowest BCUT2D eigenvalue weighted by molar-refractivity contribution is -0.147. The number of rotatable bonds is 4. The van der Waals surface area contributed by atoms with Gasteiger partial charge < -0.3 is 20.9 Å². The molecule has 4 atom stereocenters. The van der Waals surface area contributed by atoms with Crippen molar-refractivity contribution in [1.82, 2.24) is 0 Å². The average molecular weight is 304 g/mol. The van der Waals surface area contributed by atoms with Crippen LogP contribution in [0.5, 0.6) is 0 Å². The summed E-state index contributed by atoms with van der Waals surface area (Å²) in [5.41, 5.74) is 5.97. The Morgan fingerprint density at radius 2 is 1.68 bits per heavy atom. The summed E-state index contributed by atoms with van der Waals surface area (Å²) in [6.45, 7) is 0. The standard InChI is InChI=1S/C15H16N2O5/c16-13(18)7-1-3-8(4-2-7)17-14(19)11-9-5-6-10(22-9)12(11)15(20)21/h1-4,9-12H,5-6H2,(H2,16,18)(H,17,19)(H,20,21)/t9-,10-,11+,12-/m0/s1. The molecule has 2 amide bonds. The largest absolute Gasteiger partial charge is 0.481 e. The van der Waals surface area contributed by atoms with Crippen LogP contribution >= 0.6 is 0 Å². The molecule has 22 heavy (non-hydrogen) atoms. The molecule has 2 fully saturated rings. The summed E-state index contributed by atoms with van der Waals surface area (Å²) in [5, 5.41) is 12.0. The molecule has 0 spiro atoms. The monoisotopic (exact) mass is 304 g/mol. The molecule has 0 saturated carbocycles. The lowest BCUT2D eigenvalue weighted by Gasteiger charge is -2.23. The summed E-state index contributed by atoms with van der Waals surface area (Å²) in [4.78, 5) is 34.8. The number of carbonyl (C=O) groups is 3. The molecule has 0 aromatic heterocycles. The van der Waals surface area contributed by atoms with Gasteiger partial charge >= 0.3 is 5.97 Å². The smallest absolute Gasteiger partial charge is 0.310 e. The van der Waals surface area contributed by atoms with Gasteiger partial charge in [0.1, 0.15) is 0 Å². The van der Waals surface area contributed by atoms with E-state index in [9.17, 15) is 19.5 Å². The molecule has 2 bridgehead atoms. The molecular formula is C15H16N2O5. The zero-order valence-corrected chi connectivity index (χ0v) is 11.7. The van der Waals surface area contributed by atoms with E-state index in [1.54, 1.807) is 12.1 Å². The molecule has 0 aliphatic carbocycles. The number of hydrogen-bond donors (Lipinski definition) is 3. The number of carboxylic acid groups (broad SMARTS) is 1. The van der Waals surface area contributed by atoms with Gasteiger partial charge in [-0.05, 0) is 37.1 Å². The maximum atomic E-state index is 12.4. The van der Waals surface area contributed by atoms with Crippen molar-refractivity contribution in [1.29, 1.82) is 0 Å². The van der Waals surface area contributed by atoms with E-state index in [2.05, 4.69) is 5.32 Å². The Morgan fingerprint density at radius 3 is 2.23 bits per heavy atom. The molecule has 1 aromatic carbocycles. The molecule has 2 aliphatic heterocycles. The van der Waals surface area contributed by atoms with E-state index in [0.717, 1.165) is 0 Å². The lowest BCUT2D eigenvalue weighted by atomic mass is 9.78. The third kappa shape index (κ3) is 2.43. The number of carbonyl (C=O) groups excluding carboxylic acids is 2. The van der Waals surface area contributed by atoms with Crippen LogP contribution in [-0.4, -0.2) is 35.1 Å². The van der Waals surface area contributed by atoms with Gasteiger partial charge in [0, 0.05) is 11.3 Å². The molecule has 1 aromatic rings. The fourth-order valence-corrected chi connectivity index (χ4v) is 3.27. The molecule has 116 valence electrons. The Bertz CT molecular complexity index is 627. The molecule has 0 radical (unpaired) electrons. The molecule has 3 rings (SSSR count). The Balaban J connectivity index is 1.73. The first-order chi connectivity index (χ1) is 10.5. The highest BCUT2D eigenvalue weighted by Gasteiger charge is 2.55. The molecule has 0 unspecified atom stereocenters. The number of primary amides is 1. The lowest BCUT2D eigenvalue weighted by Crippen LogP contribution is -2.40. The van der Waals surface area contributed by atoms with E-state index < -0.39 is 23.7 Å². The number of benzene rings is 1. The SMILES string of the molecule is NC(=O)c1ccc(NC(=O)[C@H]2[C@@H](C(=O)O)[C@@H]3CC[C@@H]2O3)cc1. The average Bonchev–Trinajstić information content (AvgIpc) is 3.08. The predicted molar refractivity (Wildman–Crippen MR) is 76.1 cm³/mol. The minimum atomic E-state index is -1.00. The zero-order chi connectivity index (χ0) is 15.9. The van der Waals surface area contributed by atoms with E-state index in [-0.39, 0.29) is 18.1 Å². The number of hydrogen-bond acceptors (Lipinski definition) is 4. The number of amides is 2. The van der Waals surface area contributed by atoms with Crippen LogP contribution in [0.15, 0.2) is 24.3 Å². The Hall–Kier alpha value is -2.41. The molecule has 7 nitrogen and oxygen atoms in total. The van der Waals surface area contributed by atoms with Crippen molar-refractivity contribution < 1.29 is 24.2 Å². The Morgan fingerprint density at radius 1 is 1.09 bits per heavy atom. The highest BCUT2D eigenvalue weighted by Crippen LogP contribution is 2.44. The molecule has 7 heteroatoms. The first kappa shape index (κ1) is 14.5. The van der Waals surface area contributed by atoms with Crippen LogP contribution in [0.4, 0.5) is 5.69 Å². The molecule has 2 heterocycles. The Labute approximate surface area is 126 Å². The van der Waals surface area contributed by atoms with Crippen molar-refractivity contribution in [3.63, 3.8) is 0 Å². The third-order valence-electron chi connectivity index (χ3n) is 4.30. The van der Waals surface area contributed by atoms with Crippen molar-refractivity contribution in [2.45, 2.75) is 25.0 Å². The first-order valence-electron chi connectivity index (χ1n) is 7.06. The van der Waals surface area contributed by atoms with Crippen LogP contribution in [0.25, 0.3) is 0 Å². The van der Waals surface area contributed by atoms with E-state index in [1.165, 1.54) is 12.1 Å². The van der Waals surface area contributed by atoms with Gasteiger partial charge in [0.15, 0.2) is 0 Å². The maximum absolute atomic E-state index is 12.4. The summed E-state index contributed by atoms with van der Waals surface area (Å²) in [5.74, 6) is -3.41. The van der Waals surface area contributed by atoms with Crippen LogP contribution < -0.4 is 11.1 Å². The van der Waals surface area contributed by atoms with Gasteiger partial charge in [0.05, 0.1) is 24.0 Å². The number of aliphatic carboxylic acids is 1. The number of carboxylic acids is 1. The van der Waals surface area contributed by atoms with E-state index >= 15 is 0 Å². The van der Waals surface area contributed by atoms with Gasteiger partial charge in [-0.2, -0.15) is 0 Å². The van der Waals surface area contributed by atoms with Gasteiger partial charge in [-0.25, -0.2) is 0 Å². The highest BCUT2D eigenvalue weighted by atomic mass is 16.5. The second-order valence-electron chi connectivity index (χ2n) is 5.61. The van der Waals surface area contributed by atoms with E-state index in [4.69, 9.17) is 10.5 Å². The van der Waals surface area contributed by atoms with E-state index in [1.807, 2.05) is 0 Å². The number of nitrogens with one attached hydrogen (secondary N) is 1. The van der Waals surface area contributed by atoms with Crippen LogP contribution in [-0.2, 0) is 14.3 Å². The van der Waals surface area contributed by atoms with Crippen LogP contribution in [0.1, 0.15) is 23.2 Å². The van der Waals surface area contributed by atoms with Crippen molar-refractivity contribution in [2.75, 3.05) is 5.32 Å². The molecular weight excluding hydrogens is 288 g/mol. The fraction of sp³-hybridized carbons (Fsp3) is 0.400. The number of ether oxygens (including phenoxy) is 1. The summed E-state index contributed by atoms with van der Waals surface area (Å²) in [6.07, 6.45) is 0.665. The highest BCUT2D eigenvalue weighted by molar-refractivity contribution is 5.97. The number of fused-ring (bicyclic) bond motifs is 2. The van der Waals surface area contributed by atoms with Gasteiger partial charge in [-0.1, -0.05) is 0 Å². The van der Waals surface area contributed by atoms with Gasteiger partial charge in [-0.3, -0.25) is 14.4 Å². The molecule has 2 saturated heterocycles. The van der Waals surface area contributed by atoms with Gasteiger partial charge in [-0.15, -0.1) is 0 Å². The van der Waals surface area contributed by atoms with Crippen molar-refractivity contribution in [2.24, 2.45) is 17.6 Å². The summed E-state index contributed by atoms with van der Waals surface area (Å²) < 4.78 is 5.57. The second-order valence-corrected chi connectivity index (χ2v) is 5.61. The molecule has 2 aliphatic rings. The number of nitrogens with two attached hydrogens (primary N) is 1. The van der Waals surface area contributed by atoms with Crippen LogP contribution in [0, 0.1) is 11.8 Å². The summed E-state index contributed by atoms with van der Waals surface area (Å²) in [7, 11) is 0. The predicted octanol–water partition coefficient (Wildman–Crippen LogP) is 0.602. The van der Waals surface area contributed by atoms with Crippen molar-refractivity contribution >= 4 is 23.5 Å². The normalized spacial score (nSPS) is 29.3. The third-order valence-corrected chi connectivity index (χ3v) is 4.30. The van der Waals surface area contributed by atoms with Crippen LogP contribution in [0.2, 0.25) is 0 Å². The van der Waals surface area contributed by atoms with Crippen LogP contribution in [0.3, 0.4) is 0 Å². The van der Waals surface area contributed by atoms with Gasteiger partial charge in [0.2, 0.25) is 11.8 Å². The zero-order valence-electron chi connectivity index (χ0n) is 11.7. The maximum Gasteiger partial charge on any atom is 0.310 e. The minimum absolute atomic E-state index is 0.337. The molecule has 4 N–H and O–H groups in total. The topological polar surface area (TPSA) is 119 Å². The van der Waals surface area contributed by atoms with Gasteiger partial charge in [0.25, 0.3) is 0 Å². The Kier molecular flexibility index (Phi) is 3.58. The number of anilines is 1. The first-order valence-corrected chi connectivity index (χ1v) is 7.06. The summed E-state index contributed by atoms with van der Waals surface area (Å²) >= 11 is 0. The second kappa shape index (κ2) is 5.42. The minimum Gasteiger partial charge on any atom is -0.481 e. The van der Waals surface area contributed by atoms with E-state index in [0.29, 0.717) is 24.1 Å². The fourth-order valence-electron chi connectivity index (χ4n) is 3.27.